The molecule has 1 aliphatic heterocycles. The fourth-order valence-electron chi connectivity index (χ4n) is 2.98. The molecule has 1 saturated heterocycles. The molecule has 2 aromatic rings. The van der Waals surface area contributed by atoms with Gasteiger partial charge in [-0.2, -0.15) is 0 Å². The molecule has 7 nitrogen and oxygen atoms in total. The van der Waals surface area contributed by atoms with Gasteiger partial charge in [0.05, 0.1) is 10.8 Å². The minimum atomic E-state index is -0.624. The first-order chi connectivity index (χ1) is 12.8. The maximum Gasteiger partial charge on any atom is 0.289 e. The first-order valence-electron chi connectivity index (χ1n) is 8.08. The number of carbonyl (C=O) groups excluding carboxylic acids is 2. The minimum absolute atomic E-state index is 0.0170. The topological polar surface area (TPSA) is 92.6 Å². The van der Waals surface area contributed by atoms with E-state index in [4.69, 9.17) is 23.2 Å². The second kappa shape index (κ2) is 7.54. The Balaban J connectivity index is 1.76. The average molecular weight is 408 g/mol. The Labute approximate surface area is 165 Å². The van der Waals surface area contributed by atoms with E-state index in [1.54, 1.807) is 18.2 Å². The van der Waals surface area contributed by atoms with Crippen molar-refractivity contribution in [3.8, 4) is 0 Å². The Hall–Kier alpha value is -2.64. The van der Waals surface area contributed by atoms with Gasteiger partial charge in [0.2, 0.25) is 11.8 Å². The molecule has 1 atom stereocenters. The third-order valence-corrected chi connectivity index (χ3v) is 5.17. The highest BCUT2D eigenvalue weighted by Gasteiger charge is 2.36. The number of nitrogens with one attached hydrogen (secondary N) is 1. The van der Waals surface area contributed by atoms with E-state index in [1.165, 1.54) is 23.1 Å². The van der Waals surface area contributed by atoms with Gasteiger partial charge in [0.1, 0.15) is 5.02 Å². The molecule has 1 N–H and O–H groups in total. The summed E-state index contributed by atoms with van der Waals surface area (Å²) in [6, 6.07) is 9.27. The Morgan fingerprint density at radius 3 is 2.70 bits per heavy atom. The number of hydrogen-bond acceptors (Lipinski definition) is 4. The third-order valence-electron chi connectivity index (χ3n) is 4.44. The van der Waals surface area contributed by atoms with Crippen molar-refractivity contribution in [1.82, 2.24) is 0 Å². The van der Waals surface area contributed by atoms with Crippen LogP contribution in [0.1, 0.15) is 12.0 Å². The summed E-state index contributed by atoms with van der Waals surface area (Å²) in [5.74, 6) is -1.14. The fourth-order valence-corrected chi connectivity index (χ4v) is 3.34. The molecule has 1 heterocycles. The van der Waals surface area contributed by atoms with E-state index in [-0.39, 0.29) is 41.2 Å². The monoisotopic (exact) mass is 407 g/mol. The maximum absolute atomic E-state index is 12.5. The molecule has 0 radical (unpaired) electrons. The van der Waals surface area contributed by atoms with Gasteiger partial charge in [-0.25, -0.2) is 0 Å². The van der Waals surface area contributed by atoms with Crippen LogP contribution < -0.4 is 10.2 Å². The van der Waals surface area contributed by atoms with Gasteiger partial charge in [-0.3, -0.25) is 19.7 Å². The summed E-state index contributed by atoms with van der Waals surface area (Å²) in [7, 11) is 0. The zero-order chi connectivity index (χ0) is 19.7. The van der Waals surface area contributed by atoms with E-state index in [1.807, 2.05) is 6.92 Å². The number of carbonyl (C=O) groups is 2. The molecule has 3 rings (SSSR count). The normalized spacial score (nSPS) is 16.5. The number of amides is 2. The van der Waals surface area contributed by atoms with Gasteiger partial charge in [0, 0.05) is 35.4 Å². The summed E-state index contributed by atoms with van der Waals surface area (Å²) in [5.41, 5.74) is 1.39. The molecule has 0 saturated carbocycles. The Bertz CT molecular complexity index is 948. The molecule has 0 aromatic heterocycles. The van der Waals surface area contributed by atoms with Gasteiger partial charge in [0.15, 0.2) is 0 Å². The van der Waals surface area contributed by atoms with Crippen LogP contribution in [-0.2, 0) is 9.59 Å². The number of nitro benzene ring substituents is 1. The van der Waals surface area contributed by atoms with Crippen LogP contribution >= 0.6 is 23.2 Å². The van der Waals surface area contributed by atoms with Gasteiger partial charge in [0.25, 0.3) is 5.69 Å². The predicted octanol–water partition coefficient (Wildman–Crippen LogP) is 4.20. The van der Waals surface area contributed by atoms with Crippen LogP contribution in [0.4, 0.5) is 17.1 Å². The highest BCUT2D eigenvalue weighted by Crippen LogP contribution is 2.32. The van der Waals surface area contributed by atoms with Crippen molar-refractivity contribution in [3.05, 3.63) is 62.1 Å². The lowest BCUT2D eigenvalue weighted by atomic mass is 10.1. The molecule has 1 fully saturated rings. The van der Waals surface area contributed by atoms with Crippen molar-refractivity contribution in [3.63, 3.8) is 0 Å². The summed E-state index contributed by atoms with van der Waals surface area (Å²) >= 11 is 11.9. The van der Waals surface area contributed by atoms with Gasteiger partial charge in [-0.1, -0.05) is 29.3 Å². The summed E-state index contributed by atoms with van der Waals surface area (Å²) in [6.45, 7) is 2.02. The summed E-state index contributed by atoms with van der Waals surface area (Å²) in [6.07, 6.45) is 0.0491. The minimum Gasteiger partial charge on any atom is -0.326 e. The van der Waals surface area contributed by atoms with Gasteiger partial charge in [-0.05, 0) is 36.8 Å². The lowest BCUT2D eigenvalue weighted by Crippen LogP contribution is -2.28. The Morgan fingerprint density at radius 1 is 1.26 bits per heavy atom. The second-order valence-corrected chi connectivity index (χ2v) is 7.02. The summed E-state index contributed by atoms with van der Waals surface area (Å²) in [5, 5.41) is 14.1. The first-order valence-corrected chi connectivity index (χ1v) is 8.84. The largest absolute Gasteiger partial charge is 0.326 e. The van der Waals surface area contributed by atoms with E-state index in [0.29, 0.717) is 10.7 Å². The number of halogens is 2. The molecule has 0 unspecified atom stereocenters. The molecule has 9 heteroatoms. The molecule has 0 aliphatic carbocycles. The van der Waals surface area contributed by atoms with E-state index >= 15 is 0 Å². The number of nitro groups is 1. The molecule has 1 aliphatic rings. The van der Waals surface area contributed by atoms with Crippen molar-refractivity contribution in [2.75, 3.05) is 16.8 Å². The molecule has 0 bridgehead atoms. The lowest BCUT2D eigenvalue weighted by Gasteiger charge is -2.19. The lowest BCUT2D eigenvalue weighted by molar-refractivity contribution is -0.384. The summed E-state index contributed by atoms with van der Waals surface area (Å²) < 4.78 is 0. The molecule has 0 spiro atoms. The SMILES string of the molecule is Cc1c(Cl)cccc1N1C[C@H](C(=O)Nc2ccc(Cl)c([N+](=O)[O-])c2)CC1=O. The zero-order valence-electron chi connectivity index (χ0n) is 14.2. The van der Waals surface area contributed by atoms with E-state index < -0.39 is 10.8 Å². The third kappa shape index (κ3) is 3.89. The van der Waals surface area contributed by atoms with Gasteiger partial charge in [-0.15, -0.1) is 0 Å². The number of benzene rings is 2. The van der Waals surface area contributed by atoms with E-state index in [0.717, 1.165) is 5.56 Å². The number of anilines is 2. The van der Waals surface area contributed by atoms with Crippen LogP contribution in [0.2, 0.25) is 10.0 Å². The van der Waals surface area contributed by atoms with Crippen molar-refractivity contribution in [1.29, 1.82) is 0 Å². The Morgan fingerprint density at radius 2 is 2.00 bits per heavy atom. The fraction of sp³-hybridized carbons (Fsp3) is 0.222. The van der Waals surface area contributed by atoms with Crippen molar-refractivity contribution >= 4 is 52.1 Å². The van der Waals surface area contributed by atoms with Crippen LogP contribution in [0.15, 0.2) is 36.4 Å². The molecule has 2 amide bonds. The highest BCUT2D eigenvalue weighted by atomic mass is 35.5. The second-order valence-electron chi connectivity index (χ2n) is 6.20. The van der Waals surface area contributed by atoms with Crippen molar-refractivity contribution < 1.29 is 14.5 Å². The van der Waals surface area contributed by atoms with E-state index in [9.17, 15) is 19.7 Å². The maximum atomic E-state index is 12.5. The molecular formula is C18H15Cl2N3O4. The van der Waals surface area contributed by atoms with Crippen molar-refractivity contribution in [2.24, 2.45) is 5.92 Å². The van der Waals surface area contributed by atoms with Crippen LogP contribution in [0, 0.1) is 23.0 Å². The van der Waals surface area contributed by atoms with Crippen LogP contribution in [-0.4, -0.2) is 23.3 Å². The number of nitrogens with zero attached hydrogens (tertiary/aromatic N) is 2. The van der Waals surface area contributed by atoms with Crippen molar-refractivity contribution in [2.45, 2.75) is 13.3 Å². The molecule has 27 heavy (non-hydrogen) atoms. The van der Waals surface area contributed by atoms with E-state index in [2.05, 4.69) is 5.32 Å². The molecule has 2 aromatic carbocycles. The number of hydrogen-bond donors (Lipinski definition) is 1. The van der Waals surface area contributed by atoms with Gasteiger partial charge >= 0.3 is 0 Å². The van der Waals surface area contributed by atoms with Crippen LogP contribution in [0.3, 0.4) is 0 Å². The summed E-state index contributed by atoms with van der Waals surface area (Å²) in [4.78, 5) is 36.8. The molecule has 140 valence electrons. The van der Waals surface area contributed by atoms with Gasteiger partial charge < -0.3 is 10.2 Å². The number of rotatable bonds is 4. The first kappa shape index (κ1) is 19.1. The van der Waals surface area contributed by atoms with Crippen LogP contribution in [0.5, 0.6) is 0 Å². The average Bonchev–Trinajstić information content (AvgIpc) is 3.00. The predicted molar refractivity (Wildman–Crippen MR) is 103 cm³/mol. The Kier molecular flexibility index (Phi) is 5.34. The molecular weight excluding hydrogens is 393 g/mol. The zero-order valence-corrected chi connectivity index (χ0v) is 15.8. The highest BCUT2D eigenvalue weighted by molar-refractivity contribution is 6.32. The van der Waals surface area contributed by atoms with Crippen LogP contribution in [0.25, 0.3) is 0 Å². The standard InChI is InChI=1S/C18H15Cl2N3O4/c1-10-13(19)3-2-4-15(10)22-9-11(7-17(22)24)18(25)21-12-5-6-14(20)16(8-12)23(26)27/h2-6,8,11H,7,9H2,1H3,(H,21,25)/t11-/m1/s1. The quantitative estimate of drug-likeness (QED) is 0.606. The smallest absolute Gasteiger partial charge is 0.289 e.